The van der Waals surface area contributed by atoms with E-state index < -0.39 is 0 Å². The molecule has 0 aliphatic rings. The van der Waals surface area contributed by atoms with E-state index in [9.17, 15) is 14.4 Å². The number of aromatic amines is 1. The molecule has 0 saturated heterocycles. The summed E-state index contributed by atoms with van der Waals surface area (Å²) in [4.78, 5) is 38.7. The predicted molar refractivity (Wildman–Crippen MR) is 111 cm³/mol. The number of benzene rings is 2. The number of nitrogens with zero attached hydrogens (tertiary/aromatic N) is 2. The second-order valence-corrected chi connectivity index (χ2v) is 6.65. The molecule has 1 amide bonds. The first-order valence-electron chi connectivity index (χ1n) is 9.31. The fourth-order valence-corrected chi connectivity index (χ4v) is 3.06. The Bertz CT molecular complexity index is 1060. The van der Waals surface area contributed by atoms with Crippen molar-refractivity contribution in [2.24, 2.45) is 0 Å². The monoisotopic (exact) mass is 380 g/mol. The van der Waals surface area contributed by atoms with Crippen molar-refractivity contribution in [3.8, 4) is 0 Å². The van der Waals surface area contributed by atoms with E-state index in [-0.39, 0.29) is 30.0 Å². The Labute approximate surface area is 162 Å². The highest BCUT2D eigenvalue weighted by Crippen LogP contribution is 2.10. The molecule has 0 unspecified atom stereocenters. The van der Waals surface area contributed by atoms with Crippen molar-refractivity contribution >= 4 is 22.4 Å². The molecule has 0 bridgehead atoms. The third-order valence-corrected chi connectivity index (χ3v) is 4.64. The van der Waals surface area contributed by atoms with Crippen LogP contribution >= 0.6 is 0 Å². The number of carbonyl (C=O) groups excluding carboxylic acids is 1. The quantitative estimate of drug-likeness (QED) is 0.583. The number of H-pyrrole nitrogens is 1. The number of aryl methyl sites for hydroxylation is 1. The molecule has 1 heterocycles. The maximum absolute atomic E-state index is 12.4. The summed E-state index contributed by atoms with van der Waals surface area (Å²) in [5.74, 6) is -0.150. The Morgan fingerprint density at radius 3 is 2.46 bits per heavy atom. The third-order valence-electron chi connectivity index (χ3n) is 4.64. The van der Waals surface area contributed by atoms with Crippen molar-refractivity contribution < 1.29 is 4.79 Å². The Kier molecular flexibility index (Phi) is 6.26. The predicted octanol–water partition coefficient (Wildman–Crippen LogP) is 1.72. The highest BCUT2D eigenvalue weighted by atomic mass is 16.2. The summed E-state index contributed by atoms with van der Waals surface area (Å²) in [6, 6.07) is 16.7. The van der Waals surface area contributed by atoms with Crippen molar-refractivity contribution in [1.82, 2.24) is 15.1 Å². The van der Waals surface area contributed by atoms with Gasteiger partial charge in [-0.25, -0.2) is 4.68 Å². The molecule has 7 heteroatoms. The second kappa shape index (κ2) is 9.03. The average molecular weight is 380 g/mol. The Hall–Kier alpha value is -3.35. The molecule has 7 nitrogen and oxygen atoms in total. The molecule has 28 heavy (non-hydrogen) atoms. The summed E-state index contributed by atoms with van der Waals surface area (Å²) in [6.45, 7) is 1.51. The van der Waals surface area contributed by atoms with E-state index in [0.717, 1.165) is 18.7 Å². The Morgan fingerprint density at radius 1 is 1.04 bits per heavy atom. The average Bonchev–Trinajstić information content (AvgIpc) is 2.73. The number of anilines is 1. The summed E-state index contributed by atoms with van der Waals surface area (Å²) >= 11 is 0. The lowest BCUT2D eigenvalue weighted by atomic mass is 10.2. The van der Waals surface area contributed by atoms with Gasteiger partial charge in [0.05, 0.1) is 17.3 Å². The second-order valence-electron chi connectivity index (χ2n) is 6.65. The highest BCUT2D eigenvalue weighted by Gasteiger charge is 2.08. The SMILES string of the molecule is CN(CCCNC(=O)CCn1[nH]c(=O)c2ccccc2c1=O)c1ccccc1. The molecule has 3 rings (SSSR count). The molecule has 146 valence electrons. The molecular formula is C21H24N4O3. The van der Waals surface area contributed by atoms with Gasteiger partial charge in [0.25, 0.3) is 11.1 Å². The van der Waals surface area contributed by atoms with Crippen LogP contribution in [0.15, 0.2) is 64.2 Å². The third kappa shape index (κ3) is 4.68. The van der Waals surface area contributed by atoms with E-state index in [2.05, 4.69) is 15.3 Å². The fraction of sp³-hybridized carbons (Fsp3) is 0.286. The minimum Gasteiger partial charge on any atom is -0.375 e. The number of hydrogen-bond donors (Lipinski definition) is 2. The van der Waals surface area contributed by atoms with Crippen LogP contribution in [-0.4, -0.2) is 35.8 Å². The van der Waals surface area contributed by atoms with E-state index in [1.807, 2.05) is 37.4 Å². The molecule has 0 aliphatic heterocycles. The fourth-order valence-electron chi connectivity index (χ4n) is 3.06. The standard InChI is InChI=1S/C21H24N4O3/c1-24(16-8-3-2-4-9-16)14-7-13-22-19(26)12-15-25-21(28)18-11-6-5-10-17(18)20(27)23-25/h2-6,8-11H,7,12-15H2,1H3,(H,22,26)(H,23,27). The molecule has 0 radical (unpaired) electrons. The summed E-state index contributed by atoms with van der Waals surface area (Å²) < 4.78 is 1.20. The van der Waals surface area contributed by atoms with Crippen molar-refractivity contribution in [3.05, 3.63) is 75.3 Å². The van der Waals surface area contributed by atoms with Gasteiger partial charge in [0.15, 0.2) is 0 Å². The first-order valence-corrected chi connectivity index (χ1v) is 9.31. The van der Waals surface area contributed by atoms with E-state index in [0.29, 0.717) is 17.3 Å². The summed E-state index contributed by atoms with van der Waals surface area (Å²) in [6.07, 6.45) is 0.937. The molecule has 3 aromatic rings. The molecule has 0 saturated carbocycles. The lowest BCUT2D eigenvalue weighted by Gasteiger charge is -2.19. The van der Waals surface area contributed by atoms with Crippen molar-refractivity contribution in [3.63, 3.8) is 0 Å². The smallest absolute Gasteiger partial charge is 0.273 e. The number of para-hydroxylation sites is 1. The van der Waals surface area contributed by atoms with Crippen LogP contribution in [0.25, 0.3) is 10.8 Å². The molecule has 0 atom stereocenters. The van der Waals surface area contributed by atoms with Crippen molar-refractivity contribution in [2.75, 3.05) is 25.0 Å². The number of hydrogen-bond acceptors (Lipinski definition) is 4. The van der Waals surface area contributed by atoms with Crippen LogP contribution in [0.2, 0.25) is 0 Å². The Balaban J connectivity index is 1.47. The van der Waals surface area contributed by atoms with Crippen LogP contribution < -0.4 is 21.3 Å². The zero-order valence-corrected chi connectivity index (χ0v) is 15.9. The van der Waals surface area contributed by atoms with Gasteiger partial charge >= 0.3 is 0 Å². The van der Waals surface area contributed by atoms with Gasteiger partial charge in [-0.3, -0.25) is 19.5 Å². The summed E-state index contributed by atoms with van der Waals surface area (Å²) in [5.41, 5.74) is 0.500. The van der Waals surface area contributed by atoms with Crippen LogP contribution in [0.4, 0.5) is 5.69 Å². The van der Waals surface area contributed by atoms with Crippen LogP contribution in [0.3, 0.4) is 0 Å². The van der Waals surface area contributed by atoms with E-state index >= 15 is 0 Å². The van der Waals surface area contributed by atoms with Crippen molar-refractivity contribution in [1.29, 1.82) is 0 Å². The zero-order valence-electron chi connectivity index (χ0n) is 15.9. The topological polar surface area (TPSA) is 87.2 Å². The largest absolute Gasteiger partial charge is 0.375 e. The highest BCUT2D eigenvalue weighted by molar-refractivity contribution is 5.80. The zero-order chi connectivity index (χ0) is 19.9. The molecule has 0 spiro atoms. The number of nitrogens with one attached hydrogen (secondary N) is 2. The minimum absolute atomic E-state index is 0.128. The van der Waals surface area contributed by atoms with Gasteiger partial charge in [-0.05, 0) is 30.7 Å². The first-order chi connectivity index (χ1) is 13.6. The van der Waals surface area contributed by atoms with Gasteiger partial charge < -0.3 is 10.2 Å². The lowest BCUT2D eigenvalue weighted by Crippen LogP contribution is -2.33. The molecule has 1 aromatic heterocycles. The number of rotatable bonds is 8. The van der Waals surface area contributed by atoms with Gasteiger partial charge in [0.1, 0.15) is 0 Å². The van der Waals surface area contributed by atoms with E-state index in [4.69, 9.17) is 0 Å². The molecule has 0 fully saturated rings. The van der Waals surface area contributed by atoms with E-state index in [1.165, 1.54) is 4.68 Å². The number of carbonyl (C=O) groups is 1. The van der Waals surface area contributed by atoms with Gasteiger partial charge in [-0.1, -0.05) is 30.3 Å². The van der Waals surface area contributed by atoms with Gasteiger partial charge in [-0.2, -0.15) is 0 Å². The van der Waals surface area contributed by atoms with Crippen LogP contribution in [0.1, 0.15) is 12.8 Å². The number of aromatic nitrogens is 2. The number of amides is 1. The maximum atomic E-state index is 12.4. The van der Waals surface area contributed by atoms with Crippen LogP contribution in [-0.2, 0) is 11.3 Å². The van der Waals surface area contributed by atoms with Crippen LogP contribution in [0.5, 0.6) is 0 Å². The summed E-state index contributed by atoms with van der Waals surface area (Å²) in [5, 5.41) is 6.11. The summed E-state index contributed by atoms with van der Waals surface area (Å²) in [7, 11) is 2.01. The van der Waals surface area contributed by atoms with Crippen molar-refractivity contribution in [2.45, 2.75) is 19.4 Å². The first kappa shape index (κ1) is 19.4. The molecule has 2 N–H and O–H groups in total. The van der Waals surface area contributed by atoms with E-state index in [1.54, 1.807) is 24.3 Å². The Morgan fingerprint density at radius 2 is 1.71 bits per heavy atom. The lowest BCUT2D eigenvalue weighted by molar-refractivity contribution is -0.121. The van der Waals surface area contributed by atoms with Gasteiger partial charge in [0, 0.05) is 32.2 Å². The van der Waals surface area contributed by atoms with Gasteiger partial charge in [0.2, 0.25) is 5.91 Å². The molecular weight excluding hydrogens is 356 g/mol. The van der Waals surface area contributed by atoms with Gasteiger partial charge in [-0.15, -0.1) is 0 Å². The molecule has 2 aromatic carbocycles. The minimum atomic E-state index is -0.334. The maximum Gasteiger partial charge on any atom is 0.273 e. The number of fused-ring (bicyclic) bond motifs is 1. The van der Waals surface area contributed by atoms with Crippen LogP contribution in [0, 0.1) is 0 Å². The molecule has 0 aliphatic carbocycles. The normalized spacial score (nSPS) is 10.8.